The van der Waals surface area contributed by atoms with Gasteiger partial charge in [0.15, 0.2) is 0 Å². The predicted molar refractivity (Wildman–Crippen MR) is 93.7 cm³/mol. The van der Waals surface area contributed by atoms with Gasteiger partial charge in [0.05, 0.1) is 12.7 Å². The van der Waals surface area contributed by atoms with Gasteiger partial charge in [0, 0.05) is 15.3 Å². The Morgan fingerprint density at radius 3 is 2.43 bits per heavy atom. The standard InChI is InChI=1S/C17H18INO2/c1-11-10-14(17(20)21-3)6-9-16(11)19-12(2)13-4-7-15(18)8-5-13/h4-10,12,19H,1-3H3. The van der Waals surface area contributed by atoms with Crippen LogP contribution in [0.25, 0.3) is 0 Å². The number of hydrogen-bond donors (Lipinski definition) is 1. The number of ether oxygens (including phenoxy) is 1. The van der Waals surface area contributed by atoms with Crippen molar-refractivity contribution in [2.45, 2.75) is 19.9 Å². The molecule has 3 nitrogen and oxygen atoms in total. The predicted octanol–water partition coefficient (Wildman–Crippen LogP) is 4.56. The Morgan fingerprint density at radius 2 is 1.86 bits per heavy atom. The van der Waals surface area contributed by atoms with Gasteiger partial charge in [0.2, 0.25) is 0 Å². The van der Waals surface area contributed by atoms with Crippen molar-refractivity contribution in [2.75, 3.05) is 12.4 Å². The molecule has 0 aliphatic heterocycles. The Hall–Kier alpha value is -1.56. The van der Waals surface area contributed by atoms with E-state index in [9.17, 15) is 4.79 Å². The zero-order valence-electron chi connectivity index (χ0n) is 12.3. The van der Waals surface area contributed by atoms with E-state index in [0.29, 0.717) is 5.56 Å². The fraction of sp³-hybridized carbons (Fsp3) is 0.235. The summed E-state index contributed by atoms with van der Waals surface area (Å²) in [5, 5.41) is 3.48. The molecule has 110 valence electrons. The topological polar surface area (TPSA) is 38.3 Å². The minimum absolute atomic E-state index is 0.199. The van der Waals surface area contributed by atoms with Crippen LogP contribution in [-0.2, 0) is 4.74 Å². The first-order valence-electron chi connectivity index (χ1n) is 6.72. The summed E-state index contributed by atoms with van der Waals surface area (Å²) in [5.41, 5.74) is 3.85. The zero-order valence-corrected chi connectivity index (χ0v) is 14.5. The molecule has 0 saturated heterocycles. The minimum Gasteiger partial charge on any atom is -0.465 e. The van der Waals surface area contributed by atoms with Crippen LogP contribution in [0.15, 0.2) is 42.5 Å². The van der Waals surface area contributed by atoms with Gasteiger partial charge in [-0.1, -0.05) is 12.1 Å². The number of methoxy groups -OCH3 is 1. The summed E-state index contributed by atoms with van der Waals surface area (Å²) in [6, 6.07) is 14.2. The van der Waals surface area contributed by atoms with E-state index >= 15 is 0 Å². The largest absolute Gasteiger partial charge is 0.465 e. The van der Waals surface area contributed by atoms with Gasteiger partial charge in [-0.05, 0) is 77.9 Å². The van der Waals surface area contributed by atoms with E-state index in [4.69, 9.17) is 4.74 Å². The van der Waals surface area contributed by atoms with Crippen LogP contribution < -0.4 is 5.32 Å². The molecule has 0 amide bonds. The van der Waals surface area contributed by atoms with E-state index < -0.39 is 0 Å². The van der Waals surface area contributed by atoms with E-state index in [-0.39, 0.29) is 12.0 Å². The summed E-state index contributed by atoms with van der Waals surface area (Å²) in [5.74, 6) is -0.310. The first kappa shape index (κ1) is 15.8. The molecule has 0 spiro atoms. The summed E-state index contributed by atoms with van der Waals surface area (Å²) in [6.07, 6.45) is 0. The molecular formula is C17H18INO2. The van der Waals surface area contributed by atoms with Gasteiger partial charge in [-0.2, -0.15) is 0 Å². The van der Waals surface area contributed by atoms with E-state index in [0.717, 1.165) is 11.3 Å². The van der Waals surface area contributed by atoms with Crippen LogP contribution >= 0.6 is 22.6 Å². The van der Waals surface area contributed by atoms with Crippen LogP contribution in [0.4, 0.5) is 5.69 Å². The number of anilines is 1. The van der Waals surface area contributed by atoms with Gasteiger partial charge in [-0.3, -0.25) is 0 Å². The summed E-state index contributed by atoms with van der Waals surface area (Å²) in [4.78, 5) is 11.5. The summed E-state index contributed by atoms with van der Waals surface area (Å²) in [7, 11) is 1.39. The molecule has 1 atom stereocenters. The molecule has 0 aliphatic carbocycles. The van der Waals surface area contributed by atoms with Crippen LogP contribution in [-0.4, -0.2) is 13.1 Å². The SMILES string of the molecule is COC(=O)c1ccc(NC(C)c2ccc(I)cc2)c(C)c1. The van der Waals surface area contributed by atoms with Crippen LogP contribution in [0.1, 0.15) is 34.5 Å². The molecule has 0 aliphatic rings. The molecule has 0 saturated carbocycles. The molecule has 1 N–H and O–H groups in total. The number of nitrogens with one attached hydrogen (secondary N) is 1. The second kappa shape index (κ2) is 6.93. The highest BCUT2D eigenvalue weighted by Gasteiger charge is 2.10. The Labute approximate surface area is 138 Å². The van der Waals surface area contributed by atoms with Crippen molar-refractivity contribution in [3.8, 4) is 0 Å². The third-order valence-corrected chi connectivity index (χ3v) is 4.11. The maximum Gasteiger partial charge on any atom is 0.337 e. The quantitative estimate of drug-likeness (QED) is 0.610. The molecule has 0 radical (unpaired) electrons. The van der Waals surface area contributed by atoms with E-state index in [1.54, 1.807) is 6.07 Å². The Balaban J connectivity index is 2.15. The van der Waals surface area contributed by atoms with Crippen molar-refractivity contribution >= 4 is 34.2 Å². The van der Waals surface area contributed by atoms with Crippen LogP contribution in [0.2, 0.25) is 0 Å². The van der Waals surface area contributed by atoms with Crippen molar-refractivity contribution < 1.29 is 9.53 Å². The van der Waals surface area contributed by atoms with Crippen molar-refractivity contribution in [3.63, 3.8) is 0 Å². The van der Waals surface area contributed by atoms with Gasteiger partial charge in [-0.25, -0.2) is 4.79 Å². The summed E-state index contributed by atoms with van der Waals surface area (Å²) in [6.45, 7) is 4.10. The molecular weight excluding hydrogens is 377 g/mol. The normalized spacial score (nSPS) is 11.8. The highest BCUT2D eigenvalue weighted by atomic mass is 127. The maximum absolute atomic E-state index is 11.5. The lowest BCUT2D eigenvalue weighted by molar-refractivity contribution is 0.0600. The van der Waals surface area contributed by atoms with Gasteiger partial charge in [0.25, 0.3) is 0 Å². The fourth-order valence-corrected chi connectivity index (χ4v) is 2.50. The van der Waals surface area contributed by atoms with Gasteiger partial charge < -0.3 is 10.1 Å². The van der Waals surface area contributed by atoms with E-state index in [1.165, 1.54) is 16.2 Å². The second-order valence-corrected chi connectivity index (χ2v) is 6.18. The highest BCUT2D eigenvalue weighted by Crippen LogP contribution is 2.23. The number of carbonyl (C=O) groups excluding carboxylic acids is 1. The monoisotopic (exact) mass is 395 g/mol. The third kappa shape index (κ3) is 3.97. The van der Waals surface area contributed by atoms with E-state index in [2.05, 4.69) is 59.1 Å². The molecule has 2 aromatic rings. The smallest absolute Gasteiger partial charge is 0.337 e. The number of halogens is 1. The van der Waals surface area contributed by atoms with Gasteiger partial charge in [-0.15, -0.1) is 0 Å². The fourth-order valence-electron chi connectivity index (χ4n) is 2.14. The molecule has 21 heavy (non-hydrogen) atoms. The Kier molecular flexibility index (Phi) is 5.22. The zero-order chi connectivity index (χ0) is 15.4. The Morgan fingerprint density at radius 1 is 1.19 bits per heavy atom. The number of rotatable bonds is 4. The average Bonchev–Trinajstić information content (AvgIpc) is 2.49. The average molecular weight is 395 g/mol. The molecule has 0 aromatic heterocycles. The maximum atomic E-state index is 11.5. The van der Waals surface area contributed by atoms with Crippen LogP contribution in [0.3, 0.4) is 0 Å². The Bertz CT molecular complexity index is 638. The van der Waals surface area contributed by atoms with Crippen molar-refractivity contribution in [2.24, 2.45) is 0 Å². The second-order valence-electron chi connectivity index (χ2n) is 4.94. The molecule has 4 heteroatoms. The number of esters is 1. The lowest BCUT2D eigenvalue weighted by Gasteiger charge is -2.18. The molecule has 0 fully saturated rings. The van der Waals surface area contributed by atoms with Crippen LogP contribution in [0, 0.1) is 10.5 Å². The summed E-state index contributed by atoms with van der Waals surface area (Å²) >= 11 is 2.30. The number of benzene rings is 2. The molecule has 2 aromatic carbocycles. The molecule has 0 heterocycles. The molecule has 1 unspecified atom stereocenters. The lowest BCUT2D eigenvalue weighted by atomic mass is 10.1. The van der Waals surface area contributed by atoms with E-state index in [1.807, 2.05) is 19.1 Å². The van der Waals surface area contributed by atoms with Crippen molar-refractivity contribution in [1.82, 2.24) is 0 Å². The first-order valence-corrected chi connectivity index (χ1v) is 7.80. The number of aryl methyl sites for hydroxylation is 1. The lowest BCUT2D eigenvalue weighted by Crippen LogP contribution is -2.09. The van der Waals surface area contributed by atoms with Crippen molar-refractivity contribution in [1.29, 1.82) is 0 Å². The number of hydrogen-bond acceptors (Lipinski definition) is 3. The molecule has 2 rings (SSSR count). The first-order chi connectivity index (χ1) is 10.0. The van der Waals surface area contributed by atoms with Crippen molar-refractivity contribution in [3.05, 3.63) is 62.7 Å². The minimum atomic E-state index is -0.310. The van der Waals surface area contributed by atoms with Gasteiger partial charge in [0.1, 0.15) is 0 Å². The third-order valence-electron chi connectivity index (χ3n) is 3.39. The highest BCUT2D eigenvalue weighted by molar-refractivity contribution is 14.1. The number of carbonyl (C=O) groups is 1. The van der Waals surface area contributed by atoms with Crippen LogP contribution in [0.5, 0.6) is 0 Å². The summed E-state index contributed by atoms with van der Waals surface area (Å²) < 4.78 is 5.96. The van der Waals surface area contributed by atoms with Gasteiger partial charge >= 0.3 is 5.97 Å². The molecule has 0 bridgehead atoms.